The SMILES string of the molecule is CNC(=O)[C@H]1CC[C@@H](C(=O)O)N(C(=O)CCCOC(C)C)C1. The molecule has 0 bridgehead atoms. The molecule has 0 spiro atoms. The van der Waals surface area contributed by atoms with Gasteiger partial charge in [0.25, 0.3) is 0 Å². The molecule has 0 aromatic rings. The van der Waals surface area contributed by atoms with Gasteiger partial charge in [-0.05, 0) is 33.1 Å². The van der Waals surface area contributed by atoms with Crippen molar-refractivity contribution in [1.82, 2.24) is 10.2 Å². The van der Waals surface area contributed by atoms with E-state index in [9.17, 15) is 19.5 Å². The van der Waals surface area contributed by atoms with Gasteiger partial charge in [0.1, 0.15) is 6.04 Å². The lowest BCUT2D eigenvalue weighted by molar-refractivity contribution is -0.154. The van der Waals surface area contributed by atoms with E-state index in [4.69, 9.17) is 4.74 Å². The van der Waals surface area contributed by atoms with Crippen LogP contribution in [0.2, 0.25) is 0 Å². The third-order valence-electron chi connectivity index (χ3n) is 3.79. The van der Waals surface area contributed by atoms with E-state index in [0.717, 1.165) is 0 Å². The third-order valence-corrected chi connectivity index (χ3v) is 3.79. The molecule has 22 heavy (non-hydrogen) atoms. The minimum atomic E-state index is -1.01. The molecule has 7 heteroatoms. The van der Waals surface area contributed by atoms with Crippen molar-refractivity contribution in [1.29, 1.82) is 0 Å². The molecule has 0 unspecified atom stereocenters. The molecule has 0 saturated carbocycles. The van der Waals surface area contributed by atoms with Crippen LogP contribution in [0.1, 0.15) is 39.5 Å². The van der Waals surface area contributed by atoms with Crippen molar-refractivity contribution in [3.05, 3.63) is 0 Å². The highest BCUT2D eigenvalue weighted by molar-refractivity contribution is 5.86. The fourth-order valence-corrected chi connectivity index (χ4v) is 2.61. The summed E-state index contributed by atoms with van der Waals surface area (Å²) >= 11 is 0. The van der Waals surface area contributed by atoms with Crippen LogP contribution in [-0.4, -0.2) is 60.1 Å². The Kier molecular flexibility index (Phi) is 7.31. The Bertz CT molecular complexity index is 411. The molecule has 1 saturated heterocycles. The van der Waals surface area contributed by atoms with Crippen LogP contribution < -0.4 is 5.32 Å². The molecule has 0 aromatic heterocycles. The van der Waals surface area contributed by atoms with Gasteiger partial charge in [0.15, 0.2) is 0 Å². The summed E-state index contributed by atoms with van der Waals surface area (Å²) in [7, 11) is 1.54. The van der Waals surface area contributed by atoms with Crippen LogP contribution in [0.4, 0.5) is 0 Å². The Morgan fingerprint density at radius 2 is 2.00 bits per heavy atom. The fourth-order valence-electron chi connectivity index (χ4n) is 2.61. The molecule has 1 aliphatic rings. The topological polar surface area (TPSA) is 95.9 Å². The second-order valence-electron chi connectivity index (χ2n) is 5.81. The van der Waals surface area contributed by atoms with Crippen LogP contribution in [0.25, 0.3) is 0 Å². The molecule has 2 N–H and O–H groups in total. The van der Waals surface area contributed by atoms with Gasteiger partial charge < -0.3 is 20.1 Å². The number of carboxylic acid groups (broad SMARTS) is 1. The minimum absolute atomic E-state index is 0.106. The van der Waals surface area contributed by atoms with Gasteiger partial charge in [-0.1, -0.05) is 0 Å². The maximum atomic E-state index is 12.3. The zero-order valence-corrected chi connectivity index (χ0v) is 13.5. The number of ether oxygens (including phenoxy) is 1. The van der Waals surface area contributed by atoms with Crippen LogP contribution in [0.5, 0.6) is 0 Å². The Labute approximate surface area is 131 Å². The van der Waals surface area contributed by atoms with E-state index in [1.54, 1.807) is 7.05 Å². The smallest absolute Gasteiger partial charge is 0.326 e. The fraction of sp³-hybridized carbons (Fsp3) is 0.800. The number of nitrogens with zero attached hydrogens (tertiary/aromatic N) is 1. The summed E-state index contributed by atoms with van der Waals surface area (Å²) in [6.07, 6.45) is 1.68. The maximum Gasteiger partial charge on any atom is 0.326 e. The lowest BCUT2D eigenvalue weighted by Gasteiger charge is -2.36. The van der Waals surface area contributed by atoms with E-state index in [1.807, 2.05) is 13.8 Å². The van der Waals surface area contributed by atoms with Gasteiger partial charge in [0.05, 0.1) is 12.0 Å². The van der Waals surface area contributed by atoms with Gasteiger partial charge in [-0.25, -0.2) is 4.79 Å². The van der Waals surface area contributed by atoms with E-state index < -0.39 is 12.0 Å². The first-order valence-electron chi connectivity index (χ1n) is 7.72. The maximum absolute atomic E-state index is 12.3. The van der Waals surface area contributed by atoms with Gasteiger partial charge >= 0.3 is 5.97 Å². The molecule has 1 rings (SSSR count). The number of amides is 2. The predicted molar refractivity (Wildman–Crippen MR) is 80.2 cm³/mol. The van der Waals surface area contributed by atoms with Gasteiger partial charge in [-0.15, -0.1) is 0 Å². The van der Waals surface area contributed by atoms with Crippen molar-refractivity contribution in [2.24, 2.45) is 5.92 Å². The summed E-state index contributed by atoms with van der Waals surface area (Å²) < 4.78 is 5.38. The average Bonchev–Trinajstić information content (AvgIpc) is 2.49. The lowest BCUT2D eigenvalue weighted by Crippen LogP contribution is -2.53. The minimum Gasteiger partial charge on any atom is -0.480 e. The molecule has 126 valence electrons. The van der Waals surface area contributed by atoms with Gasteiger partial charge in [0.2, 0.25) is 11.8 Å². The monoisotopic (exact) mass is 314 g/mol. The van der Waals surface area contributed by atoms with Crippen LogP contribution in [0.15, 0.2) is 0 Å². The molecule has 0 aromatic carbocycles. The molecular formula is C15H26N2O5. The normalized spacial score (nSPS) is 21.7. The number of carboxylic acids is 1. The summed E-state index contributed by atoms with van der Waals surface area (Å²) in [4.78, 5) is 36.7. The molecule has 1 heterocycles. The van der Waals surface area contributed by atoms with Crippen molar-refractivity contribution in [2.75, 3.05) is 20.2 Å². The first-order valence-corrected chi connectivity index (χ1v) is 7.72. The van der Waals surface area contributed by atoms with Crippen molar-refractivity contribution in [2.45, 2.75) is 51.7 Å². The first kappa shape index (κ1) is 18.4. The molecule has 2 amide bonds. The zero-order chi connectivity index (χ0) is 16.7. The largest absolute Gasteiger partial charge is 0.480 e. The van der Waals surface area contributed by atoms with E-state index >= 15 is 0 Å². The van der Waals surface area contributed by atoms with Crippen LogP contribution in [0.3, 0.4) is 0 Å². The molecule has 0 aliphatic carbocycles. The zero-order valence-electron chi connectivity index (χ0n) is 13.5. The molecule has 1 aliphatic heterocycles. The number of carbonyl (C=O) groups is 3. The van der Waals surface area contributed by atoms with Gasteiger partial charge in [-0.2, -0.15) is 0 Å². The van der Waals surface area contributed by atoms with Crippen LogP contribution >= 0.6 is 0 Å². The van der Waals surface area contributed by atoms with Crippen molar-refractivity contribution < 1.29 is 24.2 Å². The highest BCUT2D eigenvalue weighted by Crippen LogP contribution is 2.23. The standard InChI is InChI=1S/C15H26N2O5/c1-10(2)22-8-4-5-13(18)17-9-11(14(19)16-3)6-7-12(17)15(20)21/h10-12H,4-9H2,1-3H3,(H,16,19)(H,20,21)/t11-,12-/m0/s1. The summed E-state index contributed by atoms with van der Waals surface area (Å²) in [6, 6.07) is -0.834. The summed E-state index contributed by atoms with van der Waals surface area (Å²) in [5.41, 5.74) is 0. The lowest BCUT2D eigenvalue weighted by atomic mass is 9.91. The van der Waals surface area contributed by atoms with E-state index in [2.05, 4.69) is 5.32 Å². The van der Waals surface area contributed by atoms with Gasteiger partial charge in [-0.3, -0.25) is 9.59 Å². The second-order valence-corrected chi connectivity index (χ2v) is 5.81. The Hall–Kier alpha value is -1.63. The third kappa shape index (κ3) is 5.29. The average molecular weight is 314 g/mol. The molecule has 0 radical (unpaired) electrons. The first-order chi connectivity index (χ1) is 10.4. The van der Waals surface area contributed by atoms with E-state index in [0.29, 0.717) is 25.9 Å². The number of aliphatic carboxylic acids is 1. The number of hydrogen-bond acceptors (Lipinski definition) is 4. The second kappa shape index (κ2) is 8.73. The number of nitrogens with one attached hydrogen (secondary N) is 1. The van der Waals surface area contributed by atoms with Crippen LogP contribution in [-0.2, 0) is 19.1 Å². The number of carbonyl (C=O) groups excluding carboxylic acids is 2. The predicted octanol–water partition coefficient (Wildman–Crippen LogP) is 0.629. The Morgan fingerprint density at radius 1 is 1.32 bits per heavy atom. The van der Waals surface area contributed by atoms with Crippen molar-refractivity contribution >= 4 is 17.8 Å². The molecule has 1 fully saturated rings. The molecule has 2 atom stereocenters. The summed E-state index contributed by atoms with van der Waals surface area (Å²) in [6.45, 7) is 4.47. The molecule has 7 nitrogen and oxygen atoms in total. The highest BCUT2D eigenvalue weighted by atomic mass is 16.5. The van der Waals surface area contributed by atoms with Crippen molar-refractivity contribution in [3.63, 3.8) is 0 Å². The Morgan fingerprint density at radius 3 is 2.55 bits per heavy atom. The number of hydrogen-bond donors (Lipinski definition) is 2. The number of piperidine rings is 1. The number of rotatable bonds is 7. The summed E-state index contributed by atoms with van der Waals surface area (Å²) in [5, 5.41) is 11.8. The van der Waals surface area contributed by atoms with E-state index in [1.165, 1.54) is 4.90 Å². The molecular weight excluding hydrogens is 288 g/mol. The summed E-state index contributed by atoms with van der Waals surface area (Å²) in [5.74, 6) is -1.73. The Balaban J connectivity index is 2.61. The van der Waals surface area contributed by atoms with Gasteiger partial charge in [0, 0.05) is 26.6 Å². The highest BCUT2D eigenvalue weighted by Gasteiger charge is 2.37. The van der Waals surface area contributed by atoms with Crippen molar-refractivity contribution in [3.8, 4) is 0 Å². The quantitative estimate of drug-likeness (QED) is 0.672. The van der Waals surface area contributed by atoms with Crippen LogP contribution in [0, 0.1) is 5.92 Å². The number of likely N-dealkylation sites (tertiary alicyclic amines) is 1. The van der Waals surface area contributed by atoms with E-state index in [-0.39, 0.29) is 36.8 Å².